The molecule has 10 aromatic rings. The maximum atomic E-state index is 5.18. The fourth-order valence-electron chi connectivity index (χ4n) is 8.11. The third kappa shape index (κ3) is 7.85. The maximum absolute atomic E-state index is 5.18. The molecular formula is C59H41N. The van der Waals surface area contributed by atoms with Gasteiger partial charge in [0.1, 0.15) is 0 Å². The predicted octanol–water partition coefficient (Wildman–Crippen LogP) is 16.1. The summed E-state index contributed by atoms with van der Waals surface area (Å²) in [7, 11) is 0. The highest BCUT2D eigenvalue weighted by atomic mass is 14.7. The van der Waals surface area contributed by atoms with Crippen molar-refractivity contribution < 1.29 is 0 Å². The molecule has 0 aliphatic heterocycles. The molecule has 9 aromatic carbocycles. The monoisotopic (exact) mass is 763 g/mol. The molecule has 1 aromatic heterocycles. The largest absolute Gasteiger partial charge is 0.248 e. The van der Waals surface area contributed by atoms with Gasteiger partial charge in [0, 0.05) is 11.1 Å². The lowest BCUT2D eigenvalue weighted by Gasteiger charge is -2.15. The molecule has 1 nitrogen and oxygen atoms in total. The summed E-state index contributed by atoms with van der Waals surface area (Å²) in [5, 5.41) is 0. The van der Waals surface area contributed by atoms with Crippen LogP contribution in [-0.2, 0) is 0 Å². The van der Waals surface area contributed by atoms with Gasteiger partial charge in [-0.15, -0.1) is 0 Å². The van der Waals surface area contributed by atoms with E-state index >= 15 is 0 Å². The van der Waals surface area contributed by atoms with Gasteiger partial charge in [0.15, 0.2) is 0 Å². The number of benzene rings is 9. The van der Waals surface area contributed by atoms with Crippen molar-refractivity contribution in [2.75, 3.05) is 0 Å². The minimum absolute atomic E-state index is 0.948. The van der Waals surface area contributed by atoms with E-state index in [0.717, 1.165) is 44.8 Å². The molecule has 0 saturated heterocycles. The Balaban J connectivity index is 1.12. The molecule has 0 atom stereocenters. The molecule has 0 saturated carbocycles. The second-order valence-corrected chi connectivity index (χ2v) is 15.2. The number of hydrogen-bond acceptors (Lipinski definition) is 1. The second kappa shape index (κ2) is 16.5. The molecule has 0 bridgehead atoms. The first kappa shape index (κ1) is 36.5. The topological polar surface area (TPSA) is 12.9 Å². The standard InChI is InChI=1S/C59H41N/c1-6-18-42(19-7-1)47-28-16-29-48(32-47)53-34-51(43-20-8-2-9-21-43)35-54(38-53)49-30-17-31-50(33-49)55-36-52(44-22-10-3-11-23-44)37-56(39-55)57-40-58(45-24-12-4-13-25-45)60-59(41-57)46-26-14-5-15-27-46/h1-41H. The van der Waals surface area contributed by atoms with E-state index in [2.05, 4.69) is 249 Å². The summed E-state index contributed by atoms with van der Waals surface area (Å²) in [5.74, 6) is 0. The van der Waals surface area contributed by atoms with Gasteiger partial charge in [0.05, 0.1) is 11.4 Å². The number of nitrogens with zero attached hydrogens (tertiary/aromatic N) is 1. The van der Waals surface area contributed by atoms with Crippen LogP contribution in [0.5, 0.6) is 0 Å². The van der Waals surface area contributed by atoms with Crippen LogP contribution in [-0.4, -0.2) is 4.98 Å². The Kier molecular flexibility index (Phi) is 10.1. The van der Waals surface area contributed by atoms with Crippen LogP contribution < -0.4 is 0 Å². The summed E-state index contributed by atoms with van der Waals surface area (Å²) in [6.07, 6.45) is 0. The van der Waals surface area contributed by atoms with Gasteiger partial charge in [-0.1, -0.05) is 188 Å². The van der Waals surface area contributed by atoms with Crippen LogP contribution in [0.15, 0.2) is 249 Å². The molecule has 10 rings (SSSR count). The van der Waals surface area contributed by atoms with E-state index in [1.807, 2.05) is 0 Å². The summed E-state index contributed by atoms with van der Waals surface area (Å²) in [5.41, 5.74) is 20.5. The molecule has 0 aliphatic rings. The molecule has 0 aliphatic carbocycles. The SMILES string of the molecule is c1ccc(-c2cccc(-c3cc(-c4ccccc4)cc(-c4cccc(-c5cc(-c6ccccc6)cc(-c6cc(-c7ccccc7)nc(-c7ccccc7)c6)c5)c4)c3)c2)cc1. The Morgan fingerprint density at radius 3 is 0.683 bits per heavy atom. The zero-order valence-corrected chi connectivity index (χ0v) is 33.1. The summed E-state index contributed by atoms with van der Waals surface area (Å²) >= 11 is 0. The molecule has 60 heavy (non-hydrogen) atoms. The van der Waals surface area contributed by atoms with Crippen molar-refractivity contribution in [3.05, 3.63) is 249 Å². The van der Waals surface area contributed by atoms with E-state index < -0.39 is 0 Å². The Bertz CT molecular complexity index is 2990. The van der Waals surface area contributed by atoms with Crippen LogP contribution in [0.4, 0.5) is 0 Å². The lowest BCUT2D eigenvalue weighted by molar-refractivity contribution is 1.32. The van der Waals surface area contributed by atoms with Gasteiger partial charge in [-0.3, -0.25) is 0 Å². The van der Waals surface area contributed by atoms with E-state index in [9.17, 15) is 0 Å². The average Bonchev–Trinajstić information content (AvgIpc) is 3.35. The van der Waals surface area contributed by atoms with Crippen LogP contribution in [0.3, 0.4) is 0 Å². The van der Waals surface area contributed by atoms with E-state index in [0.29, 0.717) is 0 Å². The van der Waals surface area contributed by atoms with Gasteiger partial charge in [0.2, 0.25) is 0 Å². The minimum Gasteiger partial charge on any atom is -0.248 e. The summed E-state index contributed by atoms with van der Waals surface area (Å²) in [6.45, 7) is 0. The third-order valence-electron chi connectivity index (χ3n) is 11.2. The molecule has 0 amide bonds. The van der Waals surface area contributed by atoms with Crippen LogP contribution in [0.25, 0.3) is 100 Å². The number of rotatable bonds is 9. The van der Waals surface area contributed by atoms with Gasteiger partial charge in [-0.25, -0.2) is 4.98 Å². The Hall–Kier alpha value is -7.87. The smallest absolute Gasteiger partial charge is 0.0715 e. The Morgan fingerprint density at radius 1 is 0.150 bits per heavy atom. The lowest BCUT2D eigenvalue weighted by atomic mass is 9.90. The van der Waals surface area contributed by atoms with Crippen molar-refractivity contribution in [2.24, 2.45) is 0 Å². The molecule has 0 N–H and O–H groups in total. The van der Waals surface area contributed by atoms with Crippen LogP contribution in [0.1, 0.15) is 0 Å². The van der Waals surface area contributed by atoms with E-state index in [1.54, 1.807) is 0 Å². The van der Waals surface area contributed by atoms with Gasteiger partial charge < -0.3 is 0 Å². The summed E-state index contributed by atoms with van der Waals surface area (Å²) in [4.78, 5) is 5.18. The van der Waals surface area contributed by atoms with Crippen molar-refractivity contribution in [1.29, 1.82) is 0 Å². The lowest BCUT2D eigenvalue weighted by Crippen LogP contribution is -1.92. The van der Waals surface area contributed by atoms with Crippen molar-refractivity contribution in [1.82, 2.24) is 4.98 Å². The molecule has 0 fully saturated rings. The molecule has 0 radical (unpaired) electrons. The van der Waals surface area contributed by atoms with E-state index in [1.165, 1.54) is 55.6 Å². The normalized spacial score (nSPS) is 11.0. The van der Waals surface area contributed by atoms with Gasteiger partial charge in [-0.2, -0.15) is 0 Å². The quantitative estimate of drug-likeness (QED) is 0.143. The first-order valence-electron chi connectivity index (χ1n) is 20.5. The van der Waals surface area contributed by atoms with E-state index in [4.69, 9.17) is 4.98 Å². The van der Waals surface area contributed by atoms with Gasteiger partial charge >= 0.3 is 0 Å². The molecule has 0 unspecified atom stereocenters. The average molecular weight is 764 g/mol. The van der Waals surface area contributed by atoms with Crippen LogP contribution in [0.2, 0.25) is 0 Å². The Labute approximate surface area is 352 Å². The first-order valence-corrected chi connectivity index (χ1v) is 20.5. The highest BCUT2D eigenvalue weighted by Gasteiger charge is 2.14. The Morgan fingerprint density at radius 2 is 0.350 bits per heavy atom. The first-order chi connectivity index (χ1) is 29.7. The maximum Gasteiger partial charge on any atom is 0.0715 e. The predicted molar refractivity (Wildman–Crippen MR) is 253 cm³/mol. The van der Waals surface area contributed by atoms with Crippen LogP contribution >= 0.6 is 0 Å². The zero-order chi connectivity index (χ0) is 40.1. The summed E-state index contributed by atoms with van der Waals surface area (Å²) in [6, 6.07) is 89.3. The molecule has 282 valence electrons. The number of hydrogen-bond donors (Lipinski definition) is 0. The van der Waals surface area contributed by atoms with Crippen LogP contribution in [0, 0.1) is 0 Å². The minimum atomic E-state index is 0.948. The number of aromatic nitrogens is 1. The molecular weight excluding hydrogens is 723 g/mol. The van der Waals surface area contributed by atoms with Crippen molar-refractivity contribution in [3.63, 3.8) is 0 Å². The zero-order valence-electron chi connectivity index (χ0n) is 33.1. The molecule has 1 heteroatoms. The molecule has 1 heterocycles. The van der Waals surface area contributed by atoms with Gasteiger partial charge in [0.25, 0.3) is 0 Å². The van der Waals surface area contributed by atoms with Crippen molar-refractivity contribution >= 4 is 0 Å². The van der Waals surface area contributed by atoms with Crippen molar-refractivity contribution in [3.8, 4) is 100 Å². The highest BCUT2D eigenvalue weighted by molar-refractivity contribution is 5.87. The van der Waals surface area contributed by atoms with Crippen molar-refractivity contribution in [2.45, 2.75) is 0 Å². The van der Waals surface area contributed by atoms with Gasteiger partial charge in [-0.05, 0) is 139 Å². The number of pyridine rings is 1. The molecule has 0 spiro atoms. The second-order valence-electron chi connectivity index (χ2n) is 15.2. The fourth-order valence-corrected chi connectivity index (χ4v) is 8.11. The third-order valence-corrected chi connectivity index (χ3v) is 11.2. The summed E-state index contributed by atoms with van der Waals surface area (Å²) < 4.78 is 0. The van der Waals surface area contributed by atoms with E-state index in [-0.39, 0.29) is 0 Å². The fraction of sp³-hybridized carbons (Fsp3) is 0. The highest BCUT2D eigenvalue weighted by Crippen LogP contribution is 2.39.